The van der Waals surface area contributed by atoms with E-state index in [4.69, 9.17) is 16.6 Å². The highest BCUT2D eigenvalue weighted by Crippen LogP contribution is 2.03. The first kappa shape index (κ1) is 25.5. The Morgan fingerprint density at radius 2 is 1.84 bits per heavy atom. The molecule has 1 rings (SSSR count). The fourth-order valence-corrected chi connectivity index (χ4v) is 2.47. The van der Waals surface area contributed by atoms with Crippen molar-refractivity contribution >= 4 is 29.6 Å². The number of hydrogen-bond donors (Lipinski definition) is 8. The van der Waals surface area contributed by atoms with E-state index in [0.717, 1.165) is 0 Å². The Bertz CT molecular complexity index is 782. The van der Waals surface area contributed by atoms with Crippen molar-refractivity contribution in [1.29, 1.82) is 0 Å². The Morgan fingerprint density at radius 1 is 1.16 bits per heavy atom. The van der Waals surface area contributed by atoms with E-state index >= 15 is 0 Å². The number of carbonyl (C=O) groups is 5. The van der Waals surface area contributed by atoms with Gasteiger partial charge in [-0.05, 0) is 13.3 Å². The molecular formula is C17H27N7O7. The van der Waals surface area contributed by atoms with Crippen molar-refractivity contribution in [2.24, 2.45) is 11.5 Å². The second-order valence-electron chi connectivity index (χ2n) is 6.79. The van der Waals surface area contributed by atoms with Crippen LogP contribution in [0.5, 0.6) is 0 Å². The summed E-state index contributed by atoms with van der Waals surface area (Å²) in [5, 5.41) is 25.5. The maximum Gasteiger partial charge on any atom is 0.322 e. The number of carboxylic acids is 1. The van der Waals surface area contributed by atoms with Gasteiger partial charge in [0.1, 0.15) is 18.6 Å². The number of H-pyrrole nitrogens is 1. The molecule has 0 aliphatic heterocycles. The molecule has 10 N–H and O–H groups in total. The largest absolute Gasteiger partial charge is 0.480 e. The van der Waals surface area contributed by atoms with Crippen LogP contribution in [0, 0.1) is 0 Å². The molecule has 0 saturated carbocycles. The number of nitrogens with zero attached hydrogens (tertiary/aromatic N) is 1. The van der Waals surface area contributed by atoms with Gasteiger partial charge in [0.15, 0.2) is 0 Å². The molecule has 14 nitrogen and oxygen atoms in total. The number of amides is 4. The van der Waals surface area contributed by atoms with Crippen molar-refractivity contribution in [2.75, 3.05) is 6.54 Å². The van der Waals surface area contributed by atoms with Crippen LogP contribution in [0.3, 0.4) is 0 Å². The monoisotopic (exact) mass is 441 g/mol. The first-order chi connectivity index (χ1) is 14.5. The molecule has 0 aliphatic rings. The number of nitrogens with one attached hydrogen (secondary N) is 4. The average Bonchev–Trinajstić information content (AvgIpc) is 3.20. The van der Waals surface area contributed by atoms with Crippen LogP contribution in [-0.4, -0.2) is 80.6 Å². The van der Waals surface area contributed by atoms with Gasteiger partial charge in [0.2, 0.25) is 23.6 Å². The van der Waals surface area contributed by atoms with Gasteiger partial charge in [0.25, 0.3) is 0 Å². The fraction of sp³-hybridized carbons (Fsp3) is 0.529. The van der Waals surface area contributed by atoms with Gasteiger partial charge in [0, 0.05) is 24.7 Å². The Kier molecular flexibility index (Phi) is 10.1. The summed E-state index contributed by atoms with van der Waals surface area (Å²) in [6.07, 6.45) is 1.15. The van der Waals surface area contributed by atoms with E-state index in [1.165, 1.54) is 19.4 Å². The van der Waals surface area contributed by atoms with E-state index in [1.807, 2.05) is 0 Å². The van der Waals surface area contributed by atoms with Gasteiger partial charge in [-0.1, -0.05) is 0 Å². The molecule has 4 atom stereocenters. The minimum atomic E-state index is -1.47. The highest BCUT2D eigenvalue weighted by Gasteiger charge is 2.31. The molecule has 0 fully saturated rings. The predicted molar refractivity (Wildman–Crippen MR) is 105 cm³/mol. The van der Waals surface area contributed by atoms with Gasteiger partial charge < -0.3 is 42.6 Å². The van der Waals surface area contributed by atoms with E-state index < -0.39 is 60.4 Å². The second-order valence-corrected chi connectivity index (χ2v) is 6.79. The van der Waals surface area contributed by atoms with Crippen LogP contribution in [0.1, 0.15) is 25.5 Å². The summed E-state index contributed by atoms with van der Waals surface area (Å²) >= 11 is 0. The number of aliphatic hydroxyl groups is 1. The molecule has 4 unspecified atom stereocenters. The molecule has 1 aromatic heterocycles. The van der Waals surface area contributed by atoms with Crippen molar-refractivity contribution < 1.29 is 34.2 Å². The lowest BCUT2D eigenvalue weighted by molar-refractivity contribution is -0.138. The molecular weight excluding hydrogens is 414 g/mol. The van der Waals surface area contributed by atoms with Gasteiger partial charge in [-0.15, -0.1) is 0 Å². The molecule has 4 amide bonds. The van der Waals surface area contributed by atoms with Gasteiger partial charge in [0.05, 0.1) is 18.5 Å². The third-order valence-electron chi connectivity index (χ3n) is 4.13. The molecule has 172 valence electrons. The molecule has 14 heteroatoms. The Morgan fingerprint density at radius 3 is 2.35 bits per heavy atom. The van der Waals surface area contributed by atoms with Crippen LogP contribution in [0.15, 0.2) is 12.5 Å². The molecule has 1 heterocycles. The topological polar surface area (TPSA) is 243 Å². The first-order valence-electron chi connectivity index (χ1n) is 9.30. The number of imidazole rings is 1. The highest BCUT2D eigenvalue weighted by atomic mass is 16.4. The summed E-state index contributed by atoms with van der Waals surface area (Å²) in [5.41, 5.74) is 11.1. The Balaban J connectivity index is 2.87. The lowest BCUT2D eigenvalue weighted by Crippen LogP contribution is -2.59. The van der Waals surface area contributed by atoms with Gasteiger partial charge in [-0.25, -0.2) is 4.98 Å². The van der Waals surface area contributed by atoms with E-state index in [1.54, 1.807) is 0 Å². The molecule has 0 spiro atoms. The van der Waals surface area contributed by atoms with E-state index in [0.29, 0.717) is 5.69 Å². The third kappa shape index (κ3) is 9.22. The summed E-state index contributed by atoms with van der Waals surface area (Å²) in [5.74, 6) is -4.43. The zero-order chi connectivity index (χ0) is 23.6. The van der Waals surface area contributed by atoms with Gasteiger partial charge >= 0.3 is 5.97 Å². The smallest absolute Gasteiger partial charge is 0.322 e. The Labute approximate surface area is 177 Å². The number of hydrogen-bond acceptors (Lipinski definition) is 8. The number of primary amides is 1. The summed E-state index contributed by atoms with van der Waals surface area (Å²) in [6.45, 7) is 0.577. The highest BCUT2D eigenvalue weighted by molar-refractivity contribution is 5.94. The molecule has 0 radical (unpaired) electrons. The SMILES string of the molecule is CC(O)C(NC(=O)C(N)CCC(N)=O)C(=O)NC(Cc1cnc[nH]1)C(=O)NCC(=O)O. The van der Waals surface area contributed by atoms with Crippen LogP contribution >= 0.6 is 0 Å². The number of aliphatic carboxylic acids is 1. The second kappa shape index (κ2) is 12.2. The van der Waals surface area contributed by atoms with Crippen molar-refractivity contribution in [3.63, 3.8) is 0 Å². The lowest BCUT2D eigenvalue weighted by atomic mass is 10.1. The maximum absolute atomic E-state index is 12.7. The number of aromatic nitrogens is 2. The number of rotatable bonds is 13. The zero-order valence-electron chi connectivity index (χ0n) is 16.8. The van der Waals surface area contributed by atoms with Gasteiger partial charge in [-0.2, -0.15) is 0 Å². The zero-order valence-corrected chi connectivity index (χ0v) is 16.8. The van der Waals surface area contributed by atoms with E-state index in [9.17, 15) is 29.1 Å². The molecule has 0 saturated heterocycles. The number of aliphatic hydroxyl groups excluding tert-OH is 1. The molecule has 0 bridgehead atoms. The number of aromatic amines is 1. The summed E-state index contributed by atoms with van der Waals surface area (Å²) in [6, 6.07) is -3.85. The predicted octanol–water partition coefficient (Wildman–Crippen LogP) is -3.90. The normalized spacial score (nSPS) is 14.5. The summed E-state index contributed by atoms with van der Waals surface area (Å²) in [4.78, 5) is 65.3. The van der Waals surface area contributed by atoms with Crippen LogP contribution in [0.25, 0.3) is 0 Å². The number of carbonyl (C=O) groups excluding carboxylic acids is 4. The minimum absolute atomic E-state index is 0.0597. The van der Waals surface area contributed by atoms with Crippen molar-refractivity contribution in [3.8, 4) is 0 Å². The molecule has 0 aliphatic carbocycles. The number of nitrogens with two attached hydrogens (primary N) is 2. The quantitative estimate of drug-likeness (QED) is 0.149. The first-order valence-corrected chi connectivity index (χ1v) is 9.30. The Hall–Kier alpha value is -3.52. The fourth-order valence-electron chi connectivity index (χ4n) is 2.47. The molecule has 1 aromatic rings. The van der Waals surface area contributed by atoms with Crippen LogP contribution in [0.2, 0.25) is 0 Å². The van der Waals surface area contributed by atoms with Crippen molar-refractivity contribution in [2.45, 2.75) is 50.4 Å². The van der Waals surface area contributed by atoms with E-state index in [2.05, 4.69) is 25.9 Å². The number of carboxylic acid groups (broad SMARTS) is 1. The van der Waals surface area contributed by atoms with Gasteiger partial charge in [-0.3, -0.25) is 24.0 Å². The molecule has 31 heavy (non-hydrogen) atoms. The van der Waals surface area contributed by atoms with Crippen molar-refractivity contribution in [1.82, 2.24) is 25.9 Å². The standard InChI is InChI=1S/C17H27N7O7/c1-8(25)14(24-15(29)10(18)2-3-12(19)26)17(31)23-11(4-9-5-20-7-22-9)16(30)21-6-13(27)28/h5,7-8,10-11,14,25H,2-4,6,18H2,1H3,(H2,19,26)(H,20,22)(H,21,30)(H,23,31)(H,24,29)(H,27,28). The van der Waals surface area contributed by atoms with E-state index in [-0.39, 0.29) is 19.3 Å². The molecule has 0 aromatic carbocycles. The summed E-state index contributed by atoms with van der Waals surface area (Å²) < 4.78 is 0. The third-order valence-corrected chi connectivity index (χ3v) is 4.13. The van der Waals surface area contributed by atoms with Crippen LogP contribution in [0.4, 0.5) is 0 Å². The maximum atomic E-state index is 12.7. The van der Waals surface area contributed by atoms with Crippen molar-refractivity contribution in [3.05, 3.63) is 18.2 Å². The van der Waals surface area contributed by atoms with Crippen LogP contribution in [-0.2, 0) is 30.4 Å². The van der Waals surface area contributed by atoms with Crippen LogP contribution < -0.4 is 27.4 Å². The lowest BCUT2D eigenvalue weighted by Gasteiger charge is -2.25. The average molecular weight is 441 g/mol. The minimum Gasteiger partial charge on any atom is -0.480 e. The summed E-state index contributed by atoms with van der Waals surface area (Å²) in [7, 11) is 0.